The summed E-state index contributed by atoms with van der Waals surface area (Å²) < 4.78 is 11.0. The number of hydrogen-bond acceptors (Lipinski definition) is 4. The van der Waals surface area contributed by atoms with E-state index in [1.165, 1.54) is 4.90 Å². The Morgan fingerprint density at radius 1 is 1.28 bits per heavy atom. The van der Waals surface area contributed by atoms with Crippen molar-refractivity contribution in [1.82, 2.24) is 5.32 Å². The lowest BCUT2D eigenvalue weighted by molar-refractivity contribution is 0.0857. The van der Waals surface area contributed by atoms with Gasteiger partial charge in [0.15, 0.2) is 0 Å². The molecule has 2 aromatic rings. The van der Waals surface area contributed by atoms with Crippen LogP contribution >= 0.6 is 11.8 Å². The molecule has 1 fully saturated rings. The summed E-state index contributed by atoms with van der Waals surface area (Å²) in [6.07, 6.45) is 2.24. The highest BCUT2D eigenvalue weighted by Crippen LogP contribution is 2.28. The molecule has 4 nitrogen and oxygen atoms in total. The van der Waals surface area contributed by atoms with Crippen LogP contribution in [0.1, 0.15) is 28.8 Å². The van der Waals surface area contributed by atoms with E-state index in [0.29, 0.717) is 12.1 Å². The van der Waals surface area contributed by atoms with E-state index in [2.05, 4.69) is 17.4 Å². The van der Waals surface area contributed by atoms with Gasteiger partial charge in [0, 0.05) is 34.9 Å². The molecule has 1 heterocycles. The number of carbonyl (C=O) groups excluding carboxylic acids is 1. The average molecular weight is 357 g/mol. The zero-order valence-electron chi connectivity index (χ0n) is 14.4. The summed E-state index contributed by atoms with van der Waals surface area (Å²) in [6, 6.07) is 15.8. The molecular weight excluding hydrogens is 334 g/mol. The van der Waals surface area contributed by atoms with Crippen molar-refractivity contribution in [3.63, 3.8) is 0 Å². The van der Waals surface area contributed by atoms with Gasteiger partial charge in [-0.15, -0.1) is 11.8 Å². The van der Waals surface area contributed by atoms with Gasteiger partial charge in [-0.05, 0) is 43.2 Å². The van der Waals surface area contributed by atoms with Crippen LogP contribution in [0.3, 0.4) is 0 Å². The van der Waals surface area contributed by atoms with Crippen molar-refractivity contribution in [2.75, 3.05) is 20.3 Å². The lowest BCUT2D eigenvalue weighted by Crippen LogP contribution is -2.31. The van der Waals surface area contributed by atoms with Crippen molar-refractivity contribution >= 4 is 17.7 Å². The van der Waals surface area contributed by atoms with E-state index >= 15 is 0 Å². The Labute approximate surface area is 152 Å². The van der Waals surface area contributed by atoms with E-state index in [0.717, 1.165) is 36.5 Å². The Morgan fingerprint density at radius 2 is 2.12 bits per heavy atom. The van der Waals surface area contributed by atoms with Crippen LogP contribution < -0.4 is 10.1 Å². The number of methoxy groups -OCH3 is 1. The van der Waals surface area contributed by atoms with Gasteiger partial charge in [0.25, 0.3) is 5.91 Å². The minimum absolute atomic E-state index is 0.0656. The van der Waals surface area contributed by atoms with Gasteiger partial charge in [0.1, 0.15) is 5.75 Å². The lowest BCUT2D eigenvalue weighted by Gasteiger charge is -2.13. The number of rotatable bonds is 7. The van der Waals surface area contributed by atoms with E-state index < -0.39 is 0 Å². The summed E-state index contributed by atoms with van der Waals surface area (Å²) in [7, 11) is 1.66. The number of amides is 1. The number of benzene rings is 2. The van der Waals surface area contributed by atoms with E-state index in [-0.39, 0.29) is 12.0 Å². The van der Waals surface area contributed by atoms with Crippen molar-refractivity contribution < 1.29 is 14.3 Å². The fraction of sp³-hybridized carbons (Fsp3) is 0.350. The van der Waals surface area contributed by atoms with Crippen LogP contribution in [-0.4, -0.2) is 32.3 Å². The van der Waals surface area contributed by atoms with Crippen molar-refractivity contribution in [3.05, 3.63) is 59.7 Å². The molecule has 0 bridgehead atoms. The molecular formula is C20H23NO3S. The average Bonchev–Trinajstić information content (AvgIpc) is 3.18. The normalized spacial score (nSPS) is 16.6. The monoisotopic (exact) mass is 357 g/mol. The van der Waals surface area contributed by atoms with Gasteiger partial charge in [0.05, 0.1) is 13.2 Å². The molecule has 0 aliphatic carbocycles. The van der Waals surface area contributed by atoms with Crippen LogP contribution in [0.15, 0.2) is 53.4 Å². The smallest absolute Gasteiger partial charge is 0.251 e. The summed E-state index contributed by atoms with van der Waals surface area (Å²) in [6.45, 7) is 1.36. The van der Waals surface area contributed by atoms with Crippen LogP contribution in [-0.2, 0) is 10.5 Å². The zero-order chi connectivity index (χ0) is 17.5. The Morgan fingerprint density at radius 3 is 2.84 bits per heavy atom. The molecule has 1 atom stereocenters. The Kier molecular flexibility index (Phi) is 6.36. The predicted molar refractivity (Wildman–Crippen MR) is 100 cm³/mol. The molecule has 0 spiro atoms. The number of hydrogen-bond donors (Lipinski definition) is 1. The standard InChI is InChI=1S/C20H23NO3S/c1-23-19-10-9-15(20(22)21-13-17-6-5-11-24-17)12-16(19)14-25-18-7-3-2-4-8-18/h2-4,7-10,12,17H,5-6,11,13-14H2,1H3,(H,21,22)/t17-/m0/s1. The number of carbonyl (C=O) groups is 1. The van der Waals surface area contributed by atoms with Gasteiger partial charge in [0.2, 0.25) is 0 Å². The Balaban J connectivity index is 1.64. The zero-order valence-corrected chi connectivity index (χ0v) is 15.2. The van der Waals surface area contributed by atoms with Crippen molar-refractivity contribution in [3.8, 4) is 5.75 Å². The van der Waals surface area contributed by atoms with Crippen molar-refractivity contribution in [1.29, 1.82) is 0 Å². The van der Waals surface area contributed by atoms with Crippen LogP contribution in [0.25, 0.3) is 0 Å². The molecule has 1 aliphatic heterocycles. The topological polar surface area (TPSA) is 47.6 Å². The van der Waals surface area contributed by atoms with Gasteiger partial charge in [-0.1, -0.05) is 18.2 Å². The number of ether oxygens (including phenoxy) is 2. The third-order valence-corrected chi connectivity index (χ3v) is 5.26. The van der Waals surface area contributed by atoms with Crippen molar-refractivity contribution in [2.45, 2.75) is 29.6 Å². The van der Waals surface area contributed by atoms with E-state index in [9.17, 15) is 4.79 Å². The molecule has 0 unspecified atom stereocenters. The Hall–Kier alpha value is -1.98. The van der Waals surface area contributed by atoms with Gasteiger partial charge in [-0.25, -0.2) is 0 Å². The molecule has 0 aromatic heterocycles. The van der Waals surface area contributed by atoms with Crippen LogP contribution in [0.5, 0.6) is 5.75 Å². The molecule has 1 aliphatic rings. The molecule has 5 heteroatoms. The maximum atomic E-state index is 12.4. The predicted octanol–water partition coefficient (Wildman–Crippen LogP) is 3.90. The molecule has 1 N–H and O–H groups in total. The largest absolute Gasteiger partial charge is 0.496 e. The molecule has 0 radical (unpaired) electrons. The summed E-state index contributed by atoms with van der Waals surface area (Å²) in [5.74, 6) is 1.49. The third kappa shape index (κ3) is 5.00. The third-order valence-electron chi connectivity index (χ3n) is 4.19. The fourth-order valence-corrected chi connectivity index (χ4v) is 3.72. The fourth-order valence-electron chi connectivity index (χ4n) is 2.82. The highest BCUT2D eigenvalue weighted by Gasteiger charge is 2.17. The van der Waals surface area contributed by atoms with E-state index in [4.69, 9.17) is 9.47 Å². The first kappa shape index (κ1) is 17.8. The molecule has 1 saturated heterocycles. The second-order valence-corrected chi connectivity index (χ2v) is 7.02. The minimum atomic E-state index is -0.0656. The van der Waals surface area contributed by atoms with Crippen LogP contribution in [0.2, 0.25) is 0 Å². The Bertz CT molecular complexity index is 699. The first-order valence-corrected chi connectivity index (χ1v) is 9.49. The highest BCUT2D eigenvalue weighted by atomic mass is 32.2. The number of thioether (sulfide) groups is 1. The van der Waals surface area contributed by atoms with Crippen LogP contribution in [0.4, 0.5) is 0 Å². The van der Waals surface area contributed by atoms with Gasteiger partial charge in [-0.3, -0.25) is 4.79 Å². The second kappa shape index (κ2) is 8.92. The minimum Gasteiger partial charge on any atom is -0.496 e. The molecule has 0 saturated carbocycles. The highest BCUT2D eigenvalue weighted by molar-refractivity contribution is 7.98. The molecule has 25 heavy (non-hydrogen) atoms. The first-order valence-electron chi connectivity index (χ1n) is 8.51. The van der Waals surface area contributed by atoms with E-state index in [1.54, 1.807) is 24.9 Å². The number of nitrogens with one attached hydrogen (secondary N) is 1. The molecule has 2 aromatic carbocycles. The maximum absolute atomic E-state index is 12.4. The summed E-state index contributed by atoms with van der Waals surface area (Å²) in [4.78, 5) is 13.6. The maximum Gasteiger partial charge on any atom is 0.251 e. The summed E-state index contributed by atoms with van der Waals surface area (Å²) >= 11 is 1.73. The van der Waals surface area contributed by atoms with Gasteiger partial charge >= 0.3 is 0 Å². The quantitative estimate of drug-likeness (QED) is 0.764. The molecule has 3 rings (SSSR count). The first-order chi connectivity index (χ1) is 12.3. The van der Waals surface area contributed by atoms with Gasteiger partial charge in [-0.2, -0.15) is 0 Å². The van der Waals surface area contributed by atoms with Crippen LogP contribution in [0, 0.1) is 0 Å². The second-order valence-electron chi connectivity index (χ2n) is 5.97. The van der Waals surface area contributed by atoms with Gasteiger partial charge < -0.3 is 14.8 Å². The van der Waals surface area contributed by atoms with Crippen molar-refractivity contribution in [2.24, 2.45) is 0 Å². The molecule has 1 amide bonds. The SMILES string of the molecule is COc1ccc(C(=O)NC[C@@H]2CCCO2)cc1CSc1ccccc1. The van der Waals surface area contributed by atoms with E-state index in [1.807, 2.05) is 30.3 Å². The molecule has 132 valence electrons. The lowest BCUT2D eigenvalue weighted by atomic mass is 10.1. The summed E-state index contributed by atoms with van der Waals surface area (Å²) in [5, 5.41) is 2.97. The summed E-state index contributed by atoms with van der Waals surface area (Å²) in [5.41, 5.74) is 1.67.